The third kappa shape index (κ3) is 2.48. The van der Waals surface area contributed by atoms with Crippen molar-refractivity contribution in [1.29, 1.82) is 0 Å². The van der Waals surface area contributed by atoms with E-state index >= 15 is 0 Å². The highest BCUT2D eigenvalue weighted by atomic mass is 16.2. The number of rotatable bonds is 4. The molecule has 1 aliphatic heterocycles. The minimum atomic E-state index is -0.0413. The number of hydrogen-bond donors (Lipinski definition) is 2. The van der Waals surface area contributed by atoms with E-state index in [2.05, 4.69) is 10.4 Å². The van der Waals surface area contributed by atoms with E-state index in [4.69, 9.17) is 5.11 Å². The molecule has 0 aromatic carbocycles. The molecule has 0 amide bonds. The Bertz CT molecular complexity index is 414. The number of nitrogens with zero attached hydrogens (tertiary/aromatic N) is 2. The van der Waals surface area contributed by atoms with E-state index in [1.54, 1.807) is 6.07 Å². The Labute approximate surface area is 94.1 Å². The van der Waals surface area contributed by atoms with Gasteiger partial charge in [-0.3, -0.25) is 4.79 Å². The Morgan fingerprint density at radius 3 is 3.19 bits per heavy atom. The smallest absolute Gasteiger partial charge is 0.267 e. The molecule has 1 aromatic heterocycles. The molecule has 5 nitrogen and oxygen atoms in total. The monoisotopic (exact) mass is 223 g/mol. The van der Waals surface area contributed by atoms with Crippen LogP contribution in [0.15, 0.2) is 10.9 Å². The van der Waals surface area contributed by atoms with Gasteiger partial charge in [-0.2, -0.15) is 5.10 Å². The van der Waals surface area contributed by atoms with Crippen molar-refractivity contribution >= 4 is 0 Å². The maximum absolute atomic E-state index is 11.7. The molecule has 88 valence electrons. The summed E-state index contributed by atoms with van der Waals surface area (Å²) in [7, 11) is 0. The normalized spacial score (nSPS) is 14.8. The highest BCUT2D eigenvalue weighted by Gasteiger charge is 2.12. The number of nitrogens with one attached hydrogen (secondary N) is 1. The van der Waals surface area contributed by atoms with Crippen molar-refractivity contribution in [3.05, 3.63) is 27.7 Å². The summed E-state index contributed by atoms with van der Waals surface area (Å²) in [4.78, 5) is 11.7. The molecule has 0 bridgehead atoms. The number of hydrogen-bond acceptors (Lipinski definition) is 4. The van der Waals surface area contributed by atoms with Crippen LogP contribution in [-0.2, 0) is 19.5 Å². The molecule has 1 aliphatic rings. The molecule has 0 unspecified atom stereocenters. The van der Waals surface area contributed by atoms with Crippen LogP contribution in [0, 0.1) is 0 Å². The zero-order chi connectivity index (χ0) is 11.4. The first kappa shape index (κ1) is 11.3. The van der Waals surface area contributed by atoms with E-state index < -0.39 is 0 Å². The van der Waals surface area contributed by atoms with Gasteiger partial charge in [0.1, 0.15) is 0 Å². The first-order valence-corrected chi connectivity index (χ1v) is 5.73. The van der Waals surface area contributed by atoms with Crippen molar-refractivity contribution in [2.45, 2.75) is 32.4 Å². The Morgan fingerprint density at radius 2 is 2.38 bits per heavy atom. The van der Waals surface area contributed by atoms with Gasteiger partial charge in [0.05, 0.1) is 5.69 Å². The van der Waals surface area contributed by atoms with Gasteiger partial charge in [0, 0.05) is 38.7 Å². The van der Waals surface area contributed by atoms with E-state index in [9.17, 15) is 4.79 Å². The van der Waals surface area contributed by atoms with Crippen LogP contribution in [0.3, 0.4) is 0 Å². The fourth-order valence-corrected chi connectivity index (χ4v) is 1.89. The van der Waals surface area contributed by atoms with Crippen molar-refractivity contribution in [2.24, 2.45) is 0 Å². The zero-order valence-corrected chi connectivity index (χ0v) is 9.28. The third-order valence-corrected chi connectivity index (χ3v) is 2.80. The molecule has 2 heterocycles. The molecule has 0 saturated carbocycles. The van der Waals surface area contributed by atoms with E-state index in [-0.39, 0.29) is 12.2 Å². The van der Waals surface area contributed by atoms with Crippen molar-refractivity contribution in [1.82, 2.24) is 15.1 Å². The van der Waals surface area contributed by atoms with Gasteiger partial charge in [-0.05, 0) is 18.4 Å². The maximum Gasteiger partial charge on any atom is 0.267 e. The topological polar surface area (TPSA) is 67.2 Å². The van der Waals surface area contributed by atoms with Crippen LogP contribution < -0.4 is 10.9 Å². The largest absolute Gasteiger partial charge is 0.396 e. The van der Waals surface area contributed by atoms with Crippen molar-refractivity contribution in [3.8, 4) is 0 Å². The molecule has 1 aromatic rings. The average Bonchev–Trinajstić information content (AvgIpc) is 2.30. The molecule has 0 fully saturated rings. The number of aryl methyl sites for hydroxylation is 1. The van der Waals surface area contributed by atoms with Crippen LogP contribution >= 0.6 is 0 Å². The average molecular weight is 223 g/mol. The minimum absolute atomic E-state index is 0.0413. The summed E-state index contributed by atoms with van der Waals surface area (Å²) >= 11 is 0. The lowest BCUT2D eigenvalue weighted by molar-refractivity contribution is 0.279. The molecule has 0 radical (unpaired) electrons. The Kier molecular flexibility index (Phi) is 3.69. The van der Waals surface area contributed by atoms with E-state index in [1.165, 1.54) is 4.68 Å². The van der Waals surface area contributed by atoms with E-state index in [0.717, 1.165) is 37.2 Å². The standard InChI is InChI=1S/C11H17N3O2/c15-6-2-1-5-14-11(16)7-9-8-12-4-3-10(9)13-14/h7,12,15H,1-6,8H2. The molecule has 5 heteroatoms. The van der Waals surface area contributed by atoms with E-state index in [0.29, 0.717) is 13.0 Å². The quantitative estimate of drug-likeness (QED) is 0.685. The Balaban J connectivity index is 2.16. The van der Waals surface area contributed by atoms with Gasteiger partial charge in [0.15, 0.2) is 0 Å². The fraction of sp³-hybridized carbons (Fsp3) is 0.636. The SMILES string of the molecule is O=c1cc2c(nn1CCCCO)CCNC2. The highest BCUT2D eigenvalue weighted by molar-refractivity contribution is 5.20. The summed E-state index contributed by atoms with van der Waals surface area (Å²) < 4.78 is 1.51. The van der Waals surface area contributed by atoms with Crippen LogP contribution in [0.1, 0.15) is 24.1 Å². The molecule has 0 spiro atoms. The third-order valence-electron chi connectivity index (χ3n) is 2.80. The van der Waals surface area contributed by atoms with Crippen molar-refractivity contribution in [3.63, 3.8) is 0 Å². The van der Waals surface area contributed by atoms with E-state index in [1.807, 2.05) is 0 Å². The summed E-state index contributed by atoms with van der Waals surface area (Å²) in [6.45, 7) is 2.44. The van der Waals surface area contributed by atoms with Crippen LogP contribution in [0.5, 0.6) is 0 Å². The van der Waals surface area contributed by atoms with Crippen LogP contribution in [-0.4, -0.2) is 28.0 Å². The maximum atomic E-state index is 11.7. The first-order valence-electron chi connectivity index (χ1n) is 5.73. The molecular formula is C11H17N3O2. The number of aromatic nitrogens is 2. The first-order chi connectivity index (χ1) is 7.81. The van der Waals surface area contributed by atoms with Crippen molar-refractivity contribution in [2.75, 3.05) is 13.2 Å². The summed E-state index contributed by atoms with van der Waals surface area (Å²) in [6, 6.07) is 1.67. The van der Waals surface area contributed by atoms with Crippen LogP contribution in [0.2, 0.25) is 0 Å². The van der Waals surface area contributed by atoms with Crippen LogP contribution in [0.4, 0.5) is 0 Å². The van der Waals surface area contributed by atoms with Gasteiger partial charge >= 0.3 is 0 Å². The summed E-state index contributed by atoms with van der Waals surface area (Å²) in [6.07, 6.45) is 2.39. The second-order valence-electron chi connectivity index (χ2n) is 4.04. The molecular weight excluding hydrogens is 206 g/mol. The molecule has 0 aliphatic carbocycles. The molecule has 2 N–H and O–H groups in total. The predicted molar refractivity (Wildman–Crippen MR) is 60.2 cm³/mol. The number of aliphatic hydroxyl groups excluding tert-OH is 1. The Hall–Kier alpha value is -1.20. The predicted octanol–water partition coefficient (Wildman–Crippen LogP) is -0.339. The Morgan fingerprint density at radius 1 is 1.50 bits per heavy atom. The van der Waals surface area contributed by atoms with Gasteiger partial charge < -0.3 is 10.4 Å². The summed E-state index contributed by atoms with van der Waals surface area (Å²) in [5, 5.41) is 16.3. The van der Waals surface area contributed by atoms with Gasteiger partial charge in [0.25, 0.3) is 5.56 Å². The second-order valence-corrected chi connectivity index (χ2v) is 4.04. The number of unbranched alkanes of at least 4 members (excludes halogenated alkanes) is 1. The fourth-order valence-electron chi connectivity index (χ4n) is 1.89. The van der Waals surface area contributed by atoms with Crippen molar-refractivity contribution < 1.29 is 5.11 Å². The highest BCUT2D eigenvalue weighted by Crippen LogP contribution is 2.07. The van der Waals surface area contributed by atoms with Crippen LogP contribution in [0.25, 0.3) is 0 Å². The number of fused-ring (bicyclic) bond motifs is 1. The van der Waals surface area contributed by atoms with Gasteiger partial charge in [-0.15, -0.1) is 0 Å². The number of aliphatic hydroxyl groups is 1. The molecule has 0 atom stereocenters. The van der Waals surface area contributed by atoms with Gasteiger partial charge in [-0.25, -0.2) is 4.68 Å². The minimum Gasteiger partial charge on any atom is -0.396 e. The summed E-state index contributed by atoms with van der Waals surface area (Å²) in [5.41, 5.74) is 2.01. The zero-order valence-electron chi connectivity index (χ0n) is 9.28. The van der Waals surface area contributed by atoms with Gasteiger partial charge in [0.2, 0.25) is 0 Å². The lowest BCUT2D eigenvalue weighted by Crippen LogP contribution is -2.31. The molecule has 16 heavy (non-hydrogen) atoms. The van der Waals surface area contributed by atoms with Gasteiger partial charge in [-0.1, -0.05) is 0 Å². The lowest BCUT2D eigenvalue weighted by atomic mass is 10.1. The summed E-state index contributed by atoms with van der Waals surface area (Å²) in [5.74, 6) is 0. The second kappa shape index (κ2) is 5.23. The lowest BCUT2D eigenvalue weighted by Gasteiger charge is -2.16. The molecule has 2 rings (SSSR count). The molecule has 0 saturated heterocycles.